The second-order valence-electron chi connectivity index (χ2n) is 5.92. The number of benzene rings is 1. The van der Waals surface area contributed by atoms with Crippen molar-refractivity contribution in [3.8, 4) is 0 Å². The highest BCUT2D eigenvalue weighted by molar-refractivity contribution is 5.95. The summed E-state index contributed by atoms with van der Waals surface area (Å²) in [6.45, 7) is 10.5. The maximum Gasteiger partial charge on any atom is 0.254 e. The molecule has 21 heavy (non-hydrogen) atoms. The van der Waals surface area contributed by atoms with E-state index in [1.807, 2.05) is 43.9 Å². The maximum absolute atomic E-state index is 12.6. The smallest absolute Gasteiger partial charge is 0.254 e. The average molecular weight is 290 g/mol. The first-order chi connectivity index (χ1) is 10.0. The number of nitrogens with one attached hydrogen (secondary N) is 1. The lowest BCUT2D eigenvalue weighted by Crippen LogP contribution is -2.48. The van der Waals surface area contributed by atoms with Gasteiger partial charge in [-0.15, -0.1) is 0 Å². The number of carbonyl (C=O) groups excluding carboxylic acids is 1. The number of hydrogen-bond donors (Lipinski definition) is 1. The number of carbonyl (C=O) groups is 1. The van der Waals surface area contributed by atoms with E-state index in [0.717, 1.165) is 29.8 Å². The van der Waals surface area contributed by atoms with Crippen LogP contribution in [-0.4, -0.2) is 42.6 Å². The van der Waals surface area contributed by atoms with Gasteiger partial charge in [0.15, 0.2) is 0 Å². The van der Waals surface area contributed by atoms with Crippen molar-refractivity contribution in [2.75, 3.05) is 25.0 Å². The minimum atomic E-state index is 0.0992. The number of morpholine rings is 1. The molecule has 1 fully saturated rings. The SMILES string of the molecule is CCCNc1ccc(C(=O)N2CC(C)OC(C)C2)cc1C. The molecule has 1 saturated heterocycles. The molecular weight excluding hydrogens is 264 g/mol. The number of ether oxygens (including phenoxy) is 1. The van der Waals surface area contributed by atoms with Gasteiger partial charge in [-0.05, 0) is 51.0 Å². The van der Waals surface area contributed by atoms with Crippen LogP contribution in [0.25, 0.3) is 0 Å². The van der Waals surface area contributed by atoms with Crippen molar-refractivity contribution in [2.45, 2.75) is 46.3 Å². The lowest BCUT2D eigenvalue weighted by molar-refractivity contribution is -0.0586. The van der Waals surface area contributed by atoms with E-state index in [4.69, 9.17) is 4.74 Å². The molecule has 1 aromatic rings. The standard InChI is InChI=1S/C17H26N2O2/c1-5-8-18-16-7-6-15(9-12(16)2)17(20)19-10-13(3)21-14(4)11-19/h6-7,9,13-14,18H,5,8,10-11H2,1-4H3. The molecule has 4 nitrogen and oxygen atoms in total. The van der Waals surface area contributed by atoms with Crippen molar-refractivity contribution in [3.63, 3.8) is 0 Å². The van der Waals surface area contributed by atoms with Crippen molar-refractivity contribution < 1.29 is 9.53 Å². The third-order valence-electron chi connectivity index (χ3n) is 3.75. The van der Waals surface area contributed by atoms with Crippen LogP contribution < -0.4 is 5.32 Å². The van der Waals surface area contributed by atoms with Crippen LogP contribution in [0.2, 0.25) is 0 Å². The molecule has 0 saturated carbocycles. The summed E-state index contributed by atoms with van der Waals surface area (Å²) in [5.74, 6) is 0.0992. The lowest BCUT2D eigenvalue weighted by Gasteiger charge is -2.35. The Bertz CT molecular complexity index is 492. The van der Waals surface area contributed by atoms with Crippen LogP contribution in [0, 0.1) is 6.92 Å². The summed E-state index contributed by atoms with van der Waals surface area (Å²) < 4.78 is 5.69. The molecule has 0 bridgehead atoms. The maximum atomic E-state index is 12.6. The fraction of sp³-hybridized carbons (Fsp3) is 0.588. The van der Waals surface area contributed by atoms with Gasteiger partial charge in [-0.1, -0.05) is 6.92 Å². The summed E-state index contributed by atoms with van der Waals surface area (Å²) in [5.41, 5.74) is 2.98. The van der Waals surface area contributed by atoms with Crippen LogP contribution in [0.3, 0.4) is 0 Å². The van der Waals surface area contributed by atoms with Crippen LogP contribution in [-0.2, 0) is 4.74 Å². The summed E-state index contributed by atoms with van der Waals surface area (Å²) in [5, 5.41) is 3.38. The van der Waals surface area contributed by atoms with E-state index in [0.29, 0.717) is 13.1 Å². The van der Waals surface area contributed by atoms with E-state index in [-0.39, 0.29) is 18.1 Å². The van der Waals surface area contributed by atoms with Gasteiger partial charge in [0.1, 0.15) is 0 Å². The van der Waals surface area contributed by atoms with Gasteiger partial charge in [-0.2, -0.15) is 0 Å². The summed E-state index contributed by atoms with van der Waals surface area (Å²) >= 11 is 0. The minimum Gasteiger partial charge on any atom is -0.385 e. The van der Waals surface area contributed by atoms with E-state index < -0.39 is 0 Å². The molecule has 2 atom stereocenters. The highest BCUT2D eigenvalue weighted by Gasteiger charge is 2.26. The summed E-state index contributed by atoms with van der Waals surface area (Å²) in [6, 6.07) is 5.90. The van der Waals surface area contributed by atoms with Crippen molar-refractivity contribution >= 4 is 11.6 Å². The molecule has 0 aliphatic carbocycles. The summed E-state index contributed by atoms with van der Waals surface area (Å²) in [6.07, 6.45) is 1.29. The Balaban J connectivity index is 2.10. The first kappa shape index (κ1) is 15.8. The van der Waals surface area contributed by atoms with E-state index in [1.165, 1.54) is 0 Å². The molecular formula is C17H26N2O2. The highest BCUT2D eigenvalue weighted by atomic mass is 16.5. The molecule has 4 heteroatoms. The van der Waals surface area contributed by atoms with Crippen molar-refractivity contribution in [1.29, 1.82) is 0 Å². The van der Waals surface area contributed by atoms with Gasteiger partial charge in [0.2, 0.25) is 0 Å². The fourth-order valence-corrected chi connectivity index (χ4v) is 2.78. The Labute approximate surface area is 127 Å². The van der Waals surface area contributed by atoms with Gasteiger partial charge in [-0.25, -0.2) is 0 Å². The van der Waals surface area contributed by atoms with Crippen LogP contribution in [0.15, 0.2) is 18.2 Å². The van der Waals surface area contributed by atoms with E-state index >= 15 is 0 Å². The van der Waals surface area contributed by atoms with Crippen molar-refractivity contribution in [3.05, 3.63) is 29.3 Å². The second-order valence-corrected chi connectivity index (χ2v) is 5.92. The third-order valence-corrected chi connectivity index (χ3v) is 3.75. The molecule has 1 amide bonds. The molecule has 1 heterocycles. The molecule has 2 unspecified atom stereocenters. The molecule has 0 aromatic heterocycles. The zero-order chi connectivity index (χ0) is 15.4. The van der Waals surface area contributed by atoms with E-state index in [2.05, 4.69) is 12.2 Å². The number of nitrogens with zero attached hydrogens (tertiary/aromatic N) is 1. The van der Waals surface area contributed by atoms with Gasteiger partial charge < -0.3 is 15.0 Å². The molecule has 116 valence electrons. The van der Waals surface area contributed by atoms with Gasteiger partial charge in [0.05, 0.1) is 12.2 Å². The quantitative estimate of drug-likeness (QED) is 0.926. The van der Waals surface area contributed by atoms with Gasteiger partial charge >= 0.3 is 0 Å². The van der Waals surface area contributed by atoms with Crippen LogP contribution in [0.4, 0.5) is 5.69 Å². The number of anilines is 1. The monoisotopic (exact) mass is 290 g/mol. The second kappa shape index (κ2) is 6.94. The molecule has 0 spiro atoms. The van der Waals surface area contributed by atoms with E-state index in [1.54, 1.807) is 0 Å². The summed E-state index contributed by atoms with van der Waals surface area (Å²) in [4.78, 5) is 14.5. The largest absolute Gasteiger partial charge is 0.385 e. The molecule has 1 aliphatic heterocycles. The van der Waals surface area contributed by atoms with Crippen LogP contribution in [0.1, 0.15) is 43.1 Å². The van der Waals surface area contributed by atoms with Crippen LogP contribution in [0.5, 0.6) is 0 Å². The number of amides is 1. The number of aryl methyl sites for hydroxylation is 1. The predicted octanol–water partition coefficient (Wildman–Crippen LogP) is 3.07. The molecule has 0 radical (unpaired) electrons. The Kier molecular flexibility index (Phi) is 5.23. The van der Waals surface area contributed by atoms with Crippen molar-refractivity contribution in [2.24, 2.45) is 0 Å². The Morgan fingerprint density at radius 2 is 2.00 bits per heavy atom. The number of hydrogen-bond acceptors (Lipinski definition) is 3. The van der Waals surface area contributed by atoms with Crippen molar-refractivity contribution in [1.82, 2.24) is 4.90 Å². The first-order valence-corrected chi connectivity index (χ1v) is 7.80. The normalized spacial score (nSPS) is 22.2. The topological polar surface area (TPSA) is 41.6 Å². The molecule has 1 aromatic carbocycles. The highest BCUT2D eigenvalue weighted by Crippen LogP contribution is 2.19. The minimum absolute atomic E-state index is 0.0992. The molecule has 1 aliphatic rings. The molecule has 2 rings (SSSR count). The Hall–Kier alpha value is -1.55. The molecule has 1 N–H and O–H groups in total. The van der Waals surface area contributed by atoms with Gasteiger partial charge in [-0.3, -0.25) is 4.79 Å². The Morgan fingerprint density at radius 1 is 1.33 bits per heavy atom. The number of rotatable bonds is 4. The fourth-order valence-electron chi connectivity index (χ4n) is 2.78. The lowest BCUT2D eigenvalue weighted by atomic mass is 10.1. The zero-order valence-corrected chi connectivity index (χ0v) is 13.5. The Morgan fingerprint density at radius 3 is 2.57 bits per heavy atom. The van der Waals surface area contributed by atoms with Crippen LogP contribution >= 0.6 is 0 Å². The van der Waals surface area contributed by atoms with Gasteiger partial charge in [0, 0.05) is 30.9 Å². The van der Waals surface area contributed by atoms with Gasteiger partial charge in [0.25, 0.3) is 5.91 Å². The third kappa shape index (κ3) is 3.97. The predicted molar refractivity (Wildman–Crippen MR) is 85.9 cm³/mol. The first-order valence-electron chi connectivity index (χ1n) is 7.80. The average Bonchev–Trinajstić information content (AvgIpc) is 2.44. The zero-order valence-electron chi connectivity index (χ0n) is 13.5. The summed E-state index contributed by atoms with van der Waals surface area (Å²) in [7, 11) is 0. The van der Waals surface area contributed by atoms with E-state index in [9.17, 15) is 4.79 Å².